The monoisotopic (exact) mass is 502 g/mol. The zero-order valence-electron chi connectivity index (χ0n) is 18.9. The highest BCUT2D eigenvalue weighted by molar-refractivity contribution is 8.18. The van der Waals surface area contributed by atoms with E-state index in [4.69, 9.17) is 9.47 Å². The van der Waals surface area contributed by atoms with Crippen LogP contribution in [0.15, 0.2) is 65.7 Å². The van der Waals surface area contributed by atoms with E-state index in [0.717, 1.165) is 22.9 Å². The number of benzene rings is 2. The molecule has 0 radical (unpaired) electrons. The van der Waals surface area contributed by atoms with E-state index in [1.165, 1.54) is 12.1 Å². The quantitative estimate of drug-likeness (QED) is 0.229. The maximum absolute atomic E-state index is 12.9. The summed E-state index contributed by atoms with van der Waals surface area (Å²) in [6, 6.07) is 16.5. The summed E-state index contributed by atoms with van der Waals surface area (Å²) < 4.78 is 11.4. The Bertz CT molecular complexity index is 1410. The van der Waals surface area contributed by atoms with E-state index >= 15 is 0 Å². The lowest BCUT2D eigenvalue weighted by molar-refractivity contribution is -0.385. The number of carbonyl (C=O) groups excluding carboxylic acids is 2. The predicted molar refractivity (Wildman–Crippen MR) is 131 cm³/mol. The summed E-state index contributed by atoms with van der Waals surface area (Å²) in [7, 11) is 0. The molecule has 11 heteroatoms. The van der Waals surface area contributed by atoms with E-state index < -0.39 is 16.1 Å². The van der Waals surface area contributed by atoms with Crippen molar-refractivity contribution in [1.29, 1.82) is 5.26 Å². The topological polar surface area (TPSA) is 136 Å². The lowest BCUT2D eigenvalue weighted by Crippen LogP contribution is -2.27. The Balaban J connectivity index is 1.55. The molecule has 1 aliphatic heterocycles. The number of ether oxygens (including phenoxy) is 2. The zero-order chi connectivity index (χ0) is 25.7. The number of nitrogens with zero attached hydrogens (tertiary/aromatic N) is 4. The summed E-state index contributed by atoms with van der Waals surface area (Å²) >= 11 is 0.818. The van der Waals surface area contributed by atoms with Crippen molar-refractivity contribution in [2.75, 3.05) is 6.61 Å². The van der Waals surface area contributed by atoms with Gasteiger partial charge in [-0.2, -0.15) is 5.26 Å². The number of hydrogen-bond acceptors (Lipinski definition) is 9. The Labute approximate surface area is 209 Å². The fourth-order valence-corrected chi connectivity index (χ4v) is 4.18. The van der Waals surface area contributed by atoms with Gasteiger partial charge in [-0.25, -0.2) is 4.98 Å². The maximum atomic E-state index is 12.9. The third-order valence-electron chi connectivity index (χ3n) is 5.05. The van der Waals surface area contributed by atoms with Crippen molar-refractivity contribution < 1.29 is 24.0 Å². The molecule has 1 fully saturated rings. The van der Waals surface area contributed by atoms with Crippen molar-refractivity contribution in [3.63, 3.8) is 0 Å². The maximum Gasteiger partial charge on any atom is 0.293 e. The summed E-state index contributed by atoms with van der Waals surface area (Å²) in [4.78, 5) is 41.0. The largest absolute Gasteiger partial charge is 0.490 e. The van der Waals surface area contributed by atoms with Gasteiger partial charge in [0, 0.05) is 12.1 Å². The van der Waals surface area contributed by atoms with Crippen LogP contribution in [0.4, 0.5) is 10.5 Å². The van der Waals surface area contributed by atoms with Crippen LogP contribution in [0.25, 0.3) is 6.08 Å². The number of nitro groups is 1. The molecule has 1 saturated heterocycles. The zero-order valence-corrected chi connectivity index (χ0v) is 19.7. The Morgan fingerprint density at radius 1 is 1.17 bits per heavy atom. The first-order valence-electron chi connectivity index (χ1n) is 10.7. The number of rotatable bonds is 8. The number of pyridine rings is 1. The molecule has 1 aromatic heterocycles. The van der Waals surface area contributed by atoms with Crippen LogP contribution in [0.2, 0.25) is 0 Å². The Morgan fingerprint density at radius 2 is 1.97 bits per heavy atom. The van der Waals surface area contributed by atoms with Gasteiger partial charge in [-0.15, -0.1) is 0 Å². The van der Waals surface area contributed by atoms with Gasteiger partial charge in [0.2, 0.25) is 5.88 Å². The number of aromatic nitrogens is 1. The summed E-state index contributed by atoms with van der Waals surface area (Å²) in [6.45, 7) is 2.14. The van der Waals surface area contributed by atoms with Crippen LogP contribution >= 0.6 is 11.8 Å². The molecule has 2 aromatic carbocycles. The van der Waals surface area contributed by atoms with Crippen molar-refractivity contribution in [3.8, 4) is 23.4 Å². The third-order valence-corrected chi connectivity index (χ3v) is 5.96. The average molecular weight is 503 g/mol. The molecule has 0 unspecified atom stereocenters. The summed E-state index contributed by atoms with van der Waals surface area (Å²) in [5.74, 6) is 0.393. The molecule has 0 aliphatic carbocycles. The smallest absolute Gasteiger partial charge is 0.293 e. The molecule has 0 spiro atoms. The molecule has 4 rings (SSSR count). The molecule has 36 heavy (non-hydrogen) atoms. The summed E-state index contributed by atoms with van der Waals surface area (Å²) in [6.07, 6.45) is 2.67. The second kappa shape index (κ2) is 10.7. The van der Waals surface area contributed by atoms with E-state index in [-0.39, 0.29) is 23.0 Å². The van der Waals surface area contributed by atoms with Crippen molar-refractivity contribution in [2.45, 2.75) is 13.5 Å². The standard InChI is InChI=1S/C25H18N4O6S/c1-2-34-21-11-16(7-9-20(21)35-23-10-8-19(14-27-23)29(32)33)12-22-24(30)28(25(31)36-22)15-18-6-4-3-5-17(18)13-26/h3-12,14H,2,15H2,1H3/b22-12-. The van der Waals surface area contributed by atoms with Gasteiger partial charge in [0.05, 0.1) is 34.6 Å². The normalized spacial score (nSPS) is 14.1. The number of nitriles is 1. The molecule has 2 heterocycles. The molecule has 1 aliphatic rings. The first-order valence-corrected chi connectivity index (χ1v) is 11.5. The fourth-order valence-electron chi connectivity index (χ4n) is 3.35. The summed E-state index contributed by atoms with van der Waals surface area (Å²) in [5, 5.41) is 19.7. The summed E-state index contributed by atoms with van der Waals surface area (Å²) in [5.41, 5.74) is 1.43. The number of thioether (sulfide) groups is 1. The molecule has 0 saturated carbocycles. The van der Waals surface area contributed by atoms with Crippen molar-refractivity contribution in [1.82, 2.24) is 9.88 Å². The Hall–Kier alpha value is -4.69. The number of hydrogen-bond donors (Lipinski definition) is 0. The van der Waals surface area contributed by atoms with E-state index in [1.807, 2.05) is 0 Å². The van der Waals surface area contributed by atoms with E-state index in [2.05, 4.69) is 11.1 Å². The molecular formula is C25H18N4O6S. The fraction of sp³-hybridized carbons (Fsp3) is 0.120. The van der Waals surface area contributed by atoms with Crippen LogP contribution in [0, 0.1) is 21.4 Å². The predicted octanol–water partition coefficient (Wildman–Crippen LogP) is 5.29. The van der Waals surface area contributed by atoms with Gasteiger partial charge in [-0.05, 0) is 54.1 Å². The Kier molecular flexibility index (Phi) is 7.27. The van der Waals surface area contributed by atoms with Gasteiger partial charge in [-0.3, -0.25) is 24.6 Å². The van der Waals surface area contributed by atoms with Crippen LogP contribution in [0.5, 0.6) is 17.4 Å². The van der Waals surface area contributed by atoms with Crippen LogP contribution < -0.4 is 9.47 Å². The highest BCUT2D eigenvalue weighted by Gasteiger charge is 2.35. The van der Waals surface area contributed by atoms with Crippen molar-refractivity contribution >= 4 is 34.7 Å². The van der Waals surface area contributed by atoms with Gasteiger partial charge in [0.15, 0.2) is 11.5 Å². The van der Waals surface area contributed by atoms with Crippen LogP contribution in [0.3, 0.4) is 0 Å². The third kappa shape index (κ3) is 5.34. The van der Waals surface area contributed by atoms with E-state index in [1.54, 1.807) is 55.5 Å². The highest BCUT2D eigenvalue weighted by atomic mass is 32.2. The lowest BCUT2D eigenvalue weighted by atomic mass is 10.1. The molecule has 0 atom stereocenters. The van der Waals surface area contributed by atoms with E-state index in [9.17, 15) is 25.0 Å². The molecule has 3 aromatic rings. The second-order valence-electron chi connectivity index (χ2n) is 7.39. The molecule has 0 N–H and O–H groups in total. The van der Waals surface area contributed by atoms with Gasteiger partial charge in [0.1, 0.15) is 6.20 Å². The number of amides is 2. The van der Waals surface area contributed by atoms with Crippen LogP contribution in [0.1, 0.15) is 23.6 Å². The van der Waals surface area contributed by atoms with Gasteiger partial charge in [-0.1, -0.05) is 24.3 Å². The first-order chi connectivity index (χ1) is 17.4. The molecule has 180 valence electrons. The first kappa shape index (κ1) is 24.4. The lowest BCUT2D eigenvalue weighted by Gasteiger charge is -2.13. The second-order valence-corrected chi connectivity index (χ2v) is 8.38. The average Bonchev–Trinajstić information content (AvgIpc) is 3.13. The van der Waals surface area contributed by atoms with Gasteiger partial charge < -0.3 is 9.47 Å². The molecule has 10 nitrogen and oxygen atoms in total. The van der Waals surface area contributed by atoms with Crippen molar-refractivity contribution in [2.24, 2.45) is 0 Å². The number of imide groups is 1. The minimum atomic E-state index is -0.554. The highest BCUT2D eigenvalue weighted by Crippen LogP contribution is 2.36. The minimum absolute atomic E-state index is 0.00491. The molecule has 2 amide bonds. The van der Waals surface area contributed by atoms with E-state index in [0.29, 0.717) is 34.8 Å². The van der Waals surface area contributed by atoms with Gasteiger partial charge in [0.25, 0.3) is 16.8 Å². The Morgan fingerprint density at radius 3 is 2.67 bits per heavy atom. The minimum Gasteiger partial charge on any atom is -0.490 e. The molecular weight excluding hydrogens is 484 g/mol. The van der Waals surface area contributed by atoms with Crippen LogP contribution in [-0.4, -0.2) is 32.6 Å². The number of carbonyl (C=O) groups is 2. The van der Waals surface area contributed by atoms with Crippen LogP contribution in [-0.2, 0) is 11.3 Å². The van der Waals surface area contributed by atoms with Crippen molar-refractivity contribution in [3.05, 3.63) is 92.5 Å². The molecule has 0 bridgehead atoms. The van der Waals surface area contributed by atoms with Gasteiger partial charge >= 0.3 is 0 Å². The SMILES string of the molecule is CCOc1cc(/C=C2\SC(=O)N(Cc3ccccc3C#N)C2=O)ccc1Oc1ccc([N+](=O)[O-])cn1.